The van der Waals surface area contributed by atoms with Gasteiger partial charge in [0, 0.05) is 0 Å². The molecule has 1 aromatic rings. The second kappa shape index (κ2) is 4.70. The lowest BCUT2D eigenvalue weighted by Crippen LogP contribution is -1.97. The predicted octanol–water partition coefficient (Wildman–Crippen LogP) is 3.26. The van der Waals surface area contributed by atoms with Crippen molar-refractivity contribution in [3.8, 4) is 5.75 Å². The average molecular weight is 176 g/mol. The van der Waals surface area contributed by atoms with Crippen molar-refractivity contribution in [2.45, 2.75) is 20.8 Å². The second-order valence-corrected chi connectivity index (χ2v) is 3.10. The summed E-state index contributed by atoms with van der Waals surface area (Å²) in [6.07, 6.45) is 4.00. The average Bonchev–Trinajstić information content (AvgIpc) is 2.10. The van der Waals surface area contributed by atoms with Crippen molar-refractivity contribution in [1.29, 1.82) is 0 Å². The van der Waals surface area contributed by atoms with Crippen molar-refractivity contribution < 1.29 is 4.74 Å². The number of rotatable bonds is 3. The number of ether oxygens (including phenoxy) is 1. The van der Waals surface area contributed by atoms with Crippen LogP contribution in [-0.4, -0.2) is 6.61 Å². The lowest BCUT2D eigenvalue weighted by molar-refractivity contribution is 0.357. The Morgan fingerprint density at radius 3 is 2.38 bits per heavy atom. The Morgan fingerprint density at radius 1 is 1.23 bits per heavy atom. The summed E-state index contributed by atoms with van der Waals surface area (Å²) < 4.78 is 5.62. The van der Waals surface area contributed by atoms with Gasteiger partial charge in [0.2, 0.25) is 0 Å². The van der Waals surface area contributed by atoms with Gasteiger partial charge in [-0.3, -0.25) is 0 Å². The van der Waals surface area contributed by atoms with E-state index in [2.05, 4.69) is 26.0 Å². The fourth-order valence-corrected chi connectivity index (χ4v) is 1.25. The Labute approximate surface area is 80.0 Å². The van der Waals surface area contributed by atoms with Crippen molar-refractivity contribution >= 4 is 0 Å². The maximum Gasteiger partial charge on any atom is 0.125 e. The molecule has 0 aliphatic heterocycles. The number of aryl methyl sites for hydroxylation is 2. The molecule has 0 aliphatic rings. The summed E-state index contributed by atoms with van der Waals surface area (Å²) >= 11 is 0. The highest BCUT2D eigenvalue weighted by molar-refractivity contribution is 5.39. The first-order valence-electron chi connectivity index (χ1n) is 4.56. The van der Waals surface area contributed by atoms with Gasteiger partial charge in [-0.05, 0) is 31.9 Å². The molecule has 1 heteroatoms. The van der Waals surface area contributed by atoms with Gasteiger partial charge in [0.05, 0.1) is 0 Å². The molecule has 1 nitrogen and oxygen atoms in total. The quantitative estimate of drug-likeness (QED) is 0.642. The van der Waals surface area contributed by atoms with Gasteiger partial charge in [0.15, 0.2) is 0 Å². The molecule has 1 rings (SSSR count). The topological polar surface area (TPSA) is 9.23 Å². The SMILES string of the molecule is C/C=C/COc1c(C)cccc1C. The van der Waals surface area contributed by atoms with Gasteiger partial charge in [-0.25, -0.2) is 0 Å². The van der Waals surface area contributed by atoms with Crippen LogP contribution in [0.1, 0.15) is 18.1 Å². The van der Waals surface area contributed by atoms with Gasteiger partial charge in [-0.15, -0.1) is 0 Å². The third-order valence-corrected chi connectivity index (χ3v) is 1.97. The minimum atomic E-state index is 0.655. The van der Waals surface area contributed by atoms with Crippen LogP contribution in [0.25, 0.3) is 0 Å². The van der Waals surface area contributed by atoms with E-state index in [9.17, 15) is 0 Å². The Balaban J connectivity index is 2.75. The van der Waals surface area contributed by atoms with Crippen molar-refractivity contribution in [3.05, 3.63) is 41.5 Å². The first-order chi connectivity index (χ1) is 6.25. The Kier molecular flexibility index (Phi) is 3.56. The van der Waals surface area contributed by atoms with Crippen LogP contribution in [0.15, 0.2) is 30.4 Å². The van der Waals surface area contributed by atoms with Crippen LogP contribution in [0.4, 0.5) is 0 Å². The zero-order chi connectivity index (χ0) is 9.68. The van der Waals surface area contributed by atoms with E-state index >= 15 is 0 Å². The summed E-state index contributed by atoms with van der Waals surface area (Å²) in [5.74, 6) is 1.01. The number of hydrogen-bond donors (Lipinski definition) is 0. The van der Waals surface area contributed by atoms with Gasteiger partial charge in [-0.1, -0.05) is 30.4 Å². The molecule has 0 aliphatic carbocycles. The molecular weight excluding hydrogens is 160 g/mol. The van der Waals surface area contributed by atoms with E-state index in [0.717, 1.165) is 5.75 Å². The van der Waals surface area contributed by atoms with Crippen LogP contribution in [0.5, 0.6) is 5.75 Å². The van der Waals surface area contributed by atoms with E-state index in [1.165, 1.54) is 11.1 Å². The van der Waals surface area contributed by atoms with E-state index < -0.39 is 0 Å². The van der Waals surface area contributed by atoms with Gasteiger partial charge in [0.25, 0.3) is 0 Å². The number of hydrogen-bond acceptors (Lipinski definition) is 1. The summed E-state index contributed by atoms with van der Waals surface area (Å²) in [5.41, 5.74) is 2.40. The third kappa shape index (κ3) is 2.62. The molecule has 0 radical (unpaired) electrons. The first-order valence-corrected chi connectivity index (χ1v) is 4.56. The molecular formula is C12H16O. The van der Waals surface area contributed by atoms with Crippen LogP contribution in [-0.2, 0) is 0 Å². The summed E-state index contributed by atoms with van der Waals surface area (Å²) in [6.45, 7) is 6.78. The molecule has 0 saturated heterocycles. The van der Waals surface area contributed by atoms with E-state index in [4.69, 9.17) is 4.74 Å². The molecule has 0 atom stereocenters. The molecule has 0 saturated carbocycles. The maximum atomic E-state index is 5.62. The standard InChI is InChI=1S/C12H16O/c1-4-5-9-13-12-10(2)7-6-8-11(12)3/h4-8H,9H2,1-3H3/b5-4+. The normalized spacial score (nSPS) is 10.7. The zero-order valence-corrected chi connectivity index (χ0v) is 8.50. The van der Waals surface area contributed by atoms with Crippen LogP contribution in [0.2, 0.25) is 0 Å². The fourth-order valence-electron chi connectivity index (χ4n) is 1.25. The van der Waals surface area contributed by atoms with E-state index in [1.54, 1.807) is 0 Å². The molecule has 0 fully saturated rings. The Morgan fingerprint density at radius 2 is 1.85 bits per heavy atom. The largest absolute Gasteiger partial charge is 0.489 e. The fraction of sp³-hybridized carbons (Fsp3) is 0.333. The molecule has 13 heavy (non-hydrogen) atoms. The number of benzene rings is 1. The van der Waals surface area contributed by atoms with Crippen molar-refractivity contribution in [1.82, 2.24) is 0 Å². The van der Waals surface area contributed by atoms with Crippen LogP contribution in [0, 0.1) is 13.8 Å². The van der Waals surface area contributed by atoms with Crippen LogP contribution in [0.3, 0.4) is 0 Å². The van der Waals surface area contributed by atoms with Crippen LogP contribution >= 0.6 is 0 Å². The third-order valence-electron chi connectivity index (χ3n) is 1.97. The lowest BCUT2D eigenvalue weighted by Gasteiger charge is -2.09. The molecule has 70 valence electrons. The molecule has 0 aromatic heterocycles. The highest BCUT2D eigenvalue weighted by Crippen LogP contribution is 2.21. The second-order valence-electron chi connectivity index (χ2n) is 3.10. The summed E-state index contributed by atoms with van der Waals surface area (Å²) in [4.78, 5) is 0. The Bertz CT molecular complexity index is 280. The molecule has 0 heterocycles. The minimum Gasteiger partial charge on any atom is -0.489 e. The monoisotopic (exact) mass is 176 g/mol. The van der Waals surface area contributed by atoms with Crippen molar-refractivity contribution in [2.75, 3.05) is 6.61 Å². The molecule has 0 unspecified atom stereocenters. The lowest BCUT2D eigenvalue weighted by atomic mass is 10.1. The molecule has 0 spiro atoms. The molecule has 0 amide bonds. The summed E-state index contributed by atoms with van der Waals surface area (Å²) in [5, 5.41) is 0. The van der Waals surface area contributed by atoms with Gasteiger partial charge >= 0.3 is 0 Å². The minimum absolute atomic E-state index is 0.655. The summed E-state index contributed by atoms with van der Waals surface area (Å²) in [7, 11) is 0. The van der Waals surface area contributed by atoms with Gasteiger partial charge in [0.1, 0.15) is 12.4 Å². The first kappa shape index (κ1) is 9.85. The zero-order valence-electron chi connectivity index (χ0n) is 8.50. The van der Waals surface area contributed by atoms with Gasteiger partial charge in [-0.2, -0.15) is 0 Å². The van der Waals surface area contributed by atoms with Gasteiger partial charge < -0.3 is 4.74 Å². The highest BCUT2D eigenvalue weighted by Gasteiger charge is 2.00. The number of allylic oxidation sites excluding steroid dienone is 1. The number of para-hydroxylation sites is 1. The van der Waals surface area contributed by atoms with Crippen molar-refractivity contribution in [2.24, 2.45) is 0 Å². The van der Waals surface area contributed by atoms with E-state index in [0.29, 0.717) is 6.61 Å². The van der Waals surface area contributed by atoms with Crippen molar-refractivity contribution in [3.63, 3.8) is 0 Å². The highest BCUT2D eigenvalue weighted by atomic mass is 16.5. The van der Waals surface area contributed by atoms with Crippen LogP contribution < -0.4 is 4.74 Å². The molecule has 1 aromatic carbocycles. The Hall–Kier alpha value is -1.24. The molecule has 0 bridgehead atoms. The molecule has 0 N–H and O–H groups in total. The maximum absolute atomic E-state index is 5.62. The van der Waals surface area contributed by atoms with E-state index in [-0.39, 0.29) is 0 Å². The smallest absolute Gasteiger partial charge is 0.125 e. The predicted molar refractivity (Wildman–Crippen MR) is 56.2 cm³/mol. The summed E-state index contributed by atoms with van der Waals surface area (Å²) in [6, 6.07) is 6.18. The van der Waals surface area contributed by atoms with E-state index in [1.807, 2.05) is 25.1 Å².